The number of hydrogen-bond acceptors (Lipinski definition) is 2. The Kier molecular flexibility index (Phi) is 4.46. The maximum Gasteiger partial charge on any atom is 0.418 e. The summed E-state index contributed by atoms with van der Waals surface area (Å²) in [6, 6.07) is 3.40. The molecule has 1 atom stereocenters. The fourth-order valence-electron chi connectivity index (χ4n) is 1.97. The van der Waals surface area contributed by atoms with Crippen LogP contribution in [0.25, 0.3) is 0 Å². The highest BCUT2D eigenvalue weighted by molar-refractivity contribution is 6.30. The van der Waals surface area contributed by atoms with Crippen molar-refractivity contribution in [1.29, 1.82) is 0 Å². The van der Waals surface area contributed by atoms with Gasteiger partial charge in [0, 0.05) is 29.0 Å². The lowest BCUT2D eigenvalue weighted by Crippen LogP contribution is -2.13. The quantitative estimate of drug-likeness (QED) is 0.882. The average Bonchev–Trinajstić information content (AvgIpc) is 2.88. The molecule has 0 amide bonds. The lowest BCUT2D eigenvalue weighted by molar-refractivity contribution is -0.137. The topological polar surface area (TPSA) is 29.9 Å². The zero-order valence-electron chi connectivity index (χ0n) is 11.6. The number of aryl methyl sites for hydroxylation is 1. The van der Waals surface area contributed by atoms with E-state index in [0.29, 0.717) is 6.54 Å². The molecule has 2 aromatic rings. The van der Waals surface area contributed by atoms with Gasteiger partial charge >= 0.3 is 6.18 Å². The third kappa shape index (κ3) is 3.69. The third-order valence-electron chi connectivity index (χ3n) is 3.14. The smallest absolute Gasteiger partial charge is 0.378 e. The van der Waals surface area contributed by atoms with Gasteiger partial charge < -0.3 is 5.32 Å². The van der Waals surface area contributed by atoms with Crippen LogP contribution in [0.15, 0.2) is 30.6 Å². The highest BCUT2D eigenvalue weighted by Gasteiger charge is 2.34. The first kappa shape index (κ1) is 15.7. The highest BCUT2D eigenvalue weighted by Crippen LogP contribution is 2.37. The molecular formula is C14H15ClF3N3. The molecule has 0 fully saturated rings. The van der Waals surface area contributed by atoms with Gasteiger partial charge in [-0.05, 0) is 32.0 Å². The van der Waals surface area contributed by atoms with Crippen LogP contribution in [0, 0.1) is 0 Å². The molecule has 1 heterocycles. The predicted octanol–water partition coefficient (Wildman–Crippen LogP) is 4.75. The Balaban J connectivity index is 2.26. The molecule has 0 bridgehead atoms. The normalized spacial score (nSPS) is 13.2. The molecular weight excluding hydrogens is 303 g/mol. The van der Waals surface area contributed by atoms with Crippen molar-refractivity contribution in [3.63, 3.8) is 0 Å². The van der Waals surface area contributed by atoms with Gasteiger partial charge in [0.1, 0.15) is 0 Å². The van der Waals surface area contributed by atoms with E-state index in [1.165, 1.54) is 12.1 Å². The second-order valence-corrected chi connectivity index (χ2v) is 5.12. The molecule has 1 aromatic carbocycles. The van der Waals surface area contributed by atoms with Crippen LogP contribution < -0.4 is 5.32 Å². The van der Waals surface area contributed by atoms with E-state index in [2.05, 4.69) is 10.4 Å². The molecule has 2 rings (SSSR count). The van der Waals surface area contributed by atoms with E-state index in [9.17, 15) is 13.2 Å². The van der Waals surface area contributed by atoms with Crippen LogP contribution in [0.3, 0.4) is 0 Å². The van der Waals surface area contributed by atoms with Crippen molar-refractivity contribution in [2.75, 3.05) is 5.32 Å². The molecule has 0 radical (unpaired) electrons. The minimum absolute atomic E-state index is 0.00338. The number of nitrogens with zero attached hydrogens (tertiary/aromatic N) is 2. The van der Waals surface area contributed by atoms with E-state index in [4.69, 9.17) is 11.6 Å². The highest BCUT2D eigenvalue weighted by atomic mass is 35.5. The number of nitrogens with one attached hydrogen (secondary N) is 1. The molecule has 0 aliphatic rings. The Labute approximate surface area is 125 Å². The summed E-state index contributed by atoms with van der Waals surface area (Å²) < 4.78 is 40.8. The van der Waals surface area contributed by atoms with Crippen molar-refractivity contribution < 1.29 is 13.2 Å². The third-order valence-corrected chi connectivity index (χ3v) is 3.37. The zero-order chi connectivity index (χ0) is 15.6. The number of rotatable bonds is 4. The van der Waals surface area contributed by atoms with Crippen LogP contribution >= 0.6 is 11.6 Å². The largest absolute Gasteiger partial charge is 0.418 e. The summed E-state index contributed by atoms with van der Waals surface area (Å²) in [6.07, 6.45) is -1.01. The summed E-state index contributed by atoms with van der Waals surface area (Å²) in [5.74, 6) is 0. The number of halogens is 4. The van der Waals surface area contributed by atoms with Crippen molar-refractivity contribution in [3.05, 3.63) is 46.7 Å². The zero-order valence-corrected chi connectivity index (χ0v) is 12.3. The molecule has 114 valence electrons. The monoisotopic (exact) mass is 317 g/mol. The number of aromatic nitrogens is 2. The molecule has 7 heteroatoms. The first-order chi connectivity index (χ1) is 9.81. The lowest BCUT2D eigenvalue weighted by Gasteiger charge is -2.18. The van der Waals surface area contributed by atoms with E-state index < -0.39 is 11.7 Å². The van der Waals surface area contributed by atoms with Gasteiger partial charge in [-0.25, -0.2) is 0 Å². The minimum Gasteiger partial charge on any atom is -0.378 e. The van der Waals surface area contributed by atoms with Gasteiger partial charge in [-0.15, -0.1) is 0 Å². The molecule has 0 aliphatic carbocycles. The van der Waals surface area contributed by atoms with Crippen molar-refractivity contribution in [1.82, 2.24) is 9.78 Å². The standard InChI is InChI=1S/C14H15ClF3N3/c1-3-21-8-10(7-19-21)9(2)20-13-5-4-11(15)6-12(13)14(16,17)18/h4-9,20H,3H2,1-2H3. The van der Waals surface area contributed by atoms with E-state index >= 15 is 0 Å². The van der Waals surface area contributed by atoms with Gasteiger partial charge in [0.15, 0.2) is 0 Å². The Bertz CT molecular complexity index is 622. The van der Waals surface area contributed by atoms with Gasteiger partial charge in [-0.2, -0.15) is 18.3 Å². The van der Waals surface area contributed by atoms with Gasteiger partial charge in [0.2, 0.25) is 0 Å². The van der Waals surface area contributed by atoms with Crippen molar-refractivity contribution in [3.8, 4) is 0 Å². The Hall–Kier alpha value is -1.69. The molecule has 0 saturated carbocycles. The molecule has 1 N–H and O–H groups in total. The summed E-state index contributed by atoms with van der Waals surface area (Å²) in [7, 11) is 0. The Morgan fingerprint density at radius 2 is 2.10 bits per heavy atom. The van der Waals surface area contributed by atoms with E-state index in [1.807, 2.05) is 6.92 Å². The predicted molar refractivity (Wildman–Crippen MR) is 76.4 cm³/mol. The lowest BCUT2D eigenvalue weighted by atomic mass is 10.1. The van der Waals surface area contributed by atoms with Crippen molar-refractivity contribution >= 4 is 17.3 Å². The summed E-state index contributed by atoms with van der Waals surface area (Å²) in [6.45, 7) is 4.43. The van der Waals surface area contributed by atoms with Crippen LogP contribution in [0.5, 0.6) is 0 Å². The second kappa shape index (κ2) is 5.97. The molecule has 1 unspecified atom stereocenters. The molecule has 0 aliphatic heterocycles. The van der Waals surface area contributed by atoms with Crippen molar-refractivity contribution in [2.45, 2.75) is 32.6 Å². The van der Waals surface area contributed by atoms with Gasteiger partial charge in [0.25, 0.3) is 0 Å². The number of hydrogen-bond donors (Lipinski definition) is 1. The van der Waals surface area contributed by atoms with E-state index in [-0.39, 0.29) is 16.8 Å². The number of benzene rings is 1. The van der Waals surface area contributed by atoms with Crippen LogP contribution in [0.1, 0.15) is 31.0 Å². The maximum atomic E-state index is 13.0. The van der Waals surface area contributed by atoms with E-state index in [0.717, 1.165) is 11.6 Å². The minimum atomic E-state index is -4.46. The summed E-state index contributed by atoms with van der Waals surface area (Å²) in [5, 5.41) is 7.04. The number of alkyl halides is 3. The fourth-order valence-corrected chi connectivity index (χ4v) is 2.14. The Morgan fingerprint density at radius 3 is 2.67 bits per heavy atom. The molecule has 3 nitrogen and oxygen atoms in total. The van der Waals surface area contributed by atoms with Gasteiger partial charge in [-0.3, -0.25) is 4.68 Å². The first-order valence-corrected chi connectivity index (χ1v) is 6.84. The molecule has 21 heavy (non-hydrogen) atoms. The average molecular weight is 318 g/mol. The molecule has 0 saturated heterocycles. The molecule has 0 spiro atoms. The van der Waals surface area contributed by atoms with Crippen LogP contribution in [-0.2, 0) is 12.7 Å². The van der Waals surface area contributed by atoms with Crippen LogP contribution in [0.2, 0.25) is 5.02 Å². The summed E-state index contributed by atoms with van der Waals surface area (Å²) in [4.78, 5) is 0. The fraction of sp³-hybridized carbons (Fsp3) is 0.357. The summed E-state index contributed by atoms with van der Waals surface area (Å²) >= 11 is 5.66. The van der Waals surface area contributed by atoms with E-state index in [1.54, 1.807) is 24.0 Å². The first-order valence-electron chi connectivity index (χ1n) is 6.47. The summed E-state index contributed by atoms with van der Waals surface area (Å²) in [5.41, 5.74) is 0.0494. The van der Waals surface area contributed by atoms with Gasteiger partial charge in [0.05, 0.1) is 17.8 Å². The second-order valence-electron chi connectivity index (χ2n) is 4.68. The SMILES string of the molecule is CCn1cc(C(C)Nc2ccc(Cl)cc2C(F)(F)F)cn1. The Morgan fingerprint density at radius 1 is 1.38 bits per heavy atom. The van der Waals surface area contributed by atoms with Crippen LogP contribution in [-0.4, -0.2) is 9.78 Å². The van der Waals surface area contributed by atoms with Crippen molar-refractivity contribution in [2.24, 2.45) is 0 Å². The van der Waals surface area contributed by atoms with Crippen LogP contribution in [0.4, 0.5) is 18.9 Å². The maximum absolute atomic E-state index is 13.0. The molecule has 1 aromatic heterocycles. The number of anilines is 1. The van der Waals surface area contributed by atoms with Gasteiger partial charge in [-0.1, -0.05) is 11.6 Å².